The molecule has 1 atom stereocenters. The van der Waals surface area contributed by atoms with Gasteiger partial charge >= 0.3 is 6.36 Å². The van der Waals surface area contributed by atoms with Crippen molar-refractivity contribution in [3.05, 3.63) is 59.3 Å². The smallest absolute Gasteiger partial charge is 0.406 e. The molecule has 9 nitrogen and oxygen atoms in total. The van der Waals surface area contributed by atoms with E-state index in [2.05, 4.69) is 14.8 Å². The SMILES string of the molecule is CC=CS(=O)(=O)N1CC(c2nn(-c3ccc(OC(F)(F)F)cc3)c3nccc([C@@H](O)CO)c23)C1. The maximum absolute atomic E-state index is 12.5. The normalized spacial score (nSPS) is 16.8. The Morgan fingerprint density at radius 1 is 1.24 bits per heavy atom. The van der Waals surface area contributed by atoms with Gasteiger partial charge in [0.1, 0.15) is 11.9 Å². The van der Waals surface area contributed by atoms with E-state index in [-0.39, 0.29) is 19.0 Å². The van der Waals surface area contributed by atoms with Gasteiger partial charge in [-0.3, -0.25) is 0 Å². The zero-order chi connectivity index (χ0) is 24.7. The van der Waals surface area contributed by atoms with Crippen LogP contribution >= 0.6 is 0 Å². The Labute approximate surface area is 192 Å². The van der Waals surface area contributed by atoms with Crippen LogP contribution in [0.2, 0.25) is 0 Å². The molecular weight excluding hydrogens is 477 g/mol. The molecule has 182 valence electrons. The van der Waals surface area contributed by atoms with Gasteiger partial charge in [0.2, 0.25) is 10.0 Å². The highest BCUT2D eigenvalue weighted by Gasteiger charge is 2.39. The Kier molecular flexibility index (Phi) is 6.38. The largest absolute Gasteiger partial charge is 0.573 e. The van der Waals surface area contributed by atoms with E-state index in [0.717, 1.165) is 17.5 Å². The second-order valence-corrected chi connectivity index (χ2v) is 9.48. The van der Waals surface area contributed by atoms with Crippen LogP contribution in [0.5, 0.6) is 5.75 Å². The minimum atomic E-state index is -4.83. The number of ether oxygens (including phenoxy) is 1. The number of pyridine rings is 1. The maximum Gasteiger partial charge on any atom is 0.573 e. The Morgan fingerprint density at radius 3 is 2.50 bits per heavy atom. The first-order chi connectivity index (χ1) is 16.0. The van der Waals surface area contributed by atoms with E-state index in [9.17, 15) is 31.8 Å². The molecular formula is C21H21F3N4O5S. The summed E-state index contributed by atoms with van der Waals surface area (Å²) in [7, 11) is -3.56. The summed E-state index contributed by atoms with van der Waals surface area (Å²) in [6.45, 7) is 1.35. The van der Waals surface area contributed by atoms with E-state index >= 15 is 0 Å². The third-order valence-electron chi connectivity index (χ3n) is 5.38. The zero-order valence-electron chi connectivity index (χ0n) is 17.8. The molecule has 2 N–H and O–H groups in total. The van der Waals surface area contributed by atoms with Gasteiger partial charge in [-0.25, -0.2) is 18.1 Å². The van der Waals surface area contributed by atoms with Gasteiger partial charge in [-0.2, -0.15) is 9.40 Å². The fourth-order valence-electron chi connectivity index (χ4n) is 3.80. The summed E-state index contributed by atoms with van der Waals surface area (Å²) < 4.78 is 68.6. The van der Waals surface area contributed by atoms with Crippen molar-refractivity contribution in [2.75, 3.05) is 19.7 Å². The van der Waals surface area contributed by atoms with Crippen LogP contribution in [0.1, 0.15) is 30.2 Å². The van der Waals surface area contributed by atoms with Crippen molar-refractivity contribution in [1.82, 2.24) is 19.1 Å². The van der Waals surface area contributed by atoms with Crippen molar-refractivity contribution in [2.24, 2.45) is 0 Å². The highest BCUT2D eigenvalue weighted by atomic mass is 32.2. The van der Waals surface area contributed by atoms with Crippen LogP contribution in [0, 0.1) is 0 Å². The number of aliphatic hydroxyl groups excluding tert-OH is 2. The molecule has 34 heavy (non-hydrogen) atoms. The minimum Gasteiger partial charge on any atom is -0.406 e. The number of alkyl halides is 3. The minimum absolute atomic E-state index is 0.153. The number of allylic oxidation sites excluding steroid dienone is 1. The third-order valence-corrected chi connectivity index (χ3v) is 7.01. The first-order valence-corrected chi connectivity index (χ1v) is 11.7. The van der Waals surface area contributed by atoms with Gasteiger partial charge in [-0.15, -0.1) is 13.2 Å². The van der Waals surface area contributed by atoms with Crippen molar-refractivity contribution in [3.63, 3.8) is 0 Å². The summed E-state index contributed by atoms with van der Waals surface area (Å²) in [5.41, 5.74) is 1.51. The third kappa shape index (κ3) is 4.64. The molecule has 4 rings (SSSR count). The highest BCUT2D eigenvalue weighted by molar-refractivity contribution is 7.92. The van der Waals surface area contributed by atoms with Crippen LogP contribution in [-0.2, 0) is 10.0 Å². The number of hydrogen-bond acceptors (Lipinski definition) is 7. The Balaban J connectivity index is 1.76. The molecule has 1 aromatic carbocycles. The molecule has 1 aliphatic heterocycles. The molecule has 2 aromatic heterocycles. The van der Waals surface area contributed by atoms with E-state index < -0.39 is 34.8 Å². The maximum atomic E-state index is 12.5. The lowest BCUT2D eigenvalue weighted by Gasteiger charge is -2.36. The molecule has 1 aliphatic rings. The fraction of sp³-hybridized carbons (Fsp3) is 0.333. The number of nitrogens with zero attached hydrogens (tertiary/aromatic N) is 4. The van der Waals surface area contributed by atoms with Crippen LogP contribution in [0.25, 0.3) is 16.7 Å². The number of sulfonamides is 1. The Hall–Kier alpha value is -3.00. The van der Waals surface area contributed by atoms with Gasteiger partial charge in [-0.1, -0.05) is 6.08 Å². The number of aromatic nitrogens is 3. The summed E-state index contributed by atoms with van der Waals surface area (Å²) in [5, 5.41) is 26.0. The topological polar surface area (TPSA) is 118 Å². The predicted octanol–water partition coefficient (Wildman–Crippen LogP) is 2.61. The second-order valence-electron chi connectivity index (χ2n) is 7.66. The zero-order valence-corrected chi connectivity index (χ0v) is 18.7. The average molecular weight is 498 g/mol. The fourth-order valence-corrected chi connectivity index (χ4v) is 5.09. The standard InChI is InChI=1S/C21H21F3N4O5S/c1-2-9-34(31,32)27-10-13(11-27)19-18-16(17(30)12-29)7-8-25-20(18)28(26-19)14-3-5-15(6-4-14)33-21(22,23)24/h2-9,13,17,29-30H,10-12H2,1H3/t17-/m0/s1. The van der Waals surface area contributed by atoms with Gasteiger partial charge in [0.15, 0.2) is 5.65 Å². The quantitative estimate of drug-likeness (QED) is 0.514. The van der Waals surface area contributed by atoms with E-state index in [0.29, 0.717) is 28.0 Å². The number of rotatable bonds is 7. The van der Waals surface area contributed by atoms with E-state index in [4.69, 9.17) is 0 Å². The molecule has 0 unspecified atom stereocenters. The van der Waals surface area contributed by atoms with Crippen molar-refractivity contribution in [3.8, 4) is 11.4 Å². The van der Waals surface area contributed by atoms with Crippen molar-refractivity contribution >= 4 is 21.1 Å². The summed E-state index contributed by atoms with van der Waals surface area (Å²) in [5.74, 6) is -0.716. The average Bonchev–Trinajstić information content (AvgIpc) is 3.10. The van der Waals surface area contributed by atoms with Crippen LogP contribution in [0.15, 0.2) is 48.0 Å². The second kappa shape index (κ2) is 8.98. The first-order valence-electron chi connectivity index (χ1n) is 10.2. The monoisotopic (exact) mass is 498 g/mol. The van der Waals surface area contributed by atoms with Crippen LogP contribution in [0.4, 0.5) is 13.2 Å². The lowest BCUT2D eigenvalue weighted by Crippen LogP contribution is -2.47. The van der Waals surface area contributed by atoms with Gasteiger partial charge < -0.3 is 14.9 Å². The summed E-state index contributed by atoms with van der Waals surface area (Å²) in [6, 6.07) is 6.55. The lowest BCUT2D eigenvalue weighted by atomic mass is 9.94. The van der Waals surface area contributed by atoms with E-state index in [1.807, 2.05) is 0 Å². The number of fused-ring (bicyclic) bond motifs is 1. The number of halogens is 3. The summed E-state index contributed by atoms with van der Waals surface area (Å²) >= 11 is 0. The number of aliphatic hydroxyl groups is 2. The summed E-state index contributed by atoms with van der Waals surface area (Å²) in [6.07, 6.45) is -3.21. The van der Waals surface area contributed by atoms with E-state index in [1.165, 1.54) is 39.5 Å². The van der Waals surface area contributed by atoms with Gasteiger partial charge in [0.25, 0.3) is 0 Å². The summed E-state index contributed by atoms with van der Waals surface area (Å²) in [4.78, 5) is 4.33. The van der Waals surface area contributed by atoms with Crippen LogP contribution in [-0.4, -0.2) is 63.8 Å². The van der Waals surface area contributed by atoms with Gasteiger partial charge in [-0.05, 0) is 42.8 Å². The van der Waals surface area contributed by atoms with Crippen LogP contribution < -0.4 is 4.74 Å². The number of hydrogen-bond donors (Lipinski definition) is 2. The Bertz CT molecular complexity index is 1320. The molecule has 3 aromatic rings. The van der Waals surface area contributed by atoms with Crippen molar-refractivity contribution < 1.29 is 36.5 Å². The predicted molar refractivity (Wildman–Crippen MR) is 116 cm³/mol. The molecule has 0 radical (unpaired) electrons. The van der Waals surface area contributed by atoms with Crippen molar-refractivity contribution in [1.29, 1.82) is 0 Å². The lowest BCUT2D eigenvalue weighted by molar-refractivity contribution is -0.274. The Morgan fingerprint density at radius 2 is 1.91 bits per heavy atom. The highest BCUT2D eigenvalue weighted by Crippen LogP contribution is 2.37. The van der Waals surface area contributed by atoms with Gasteiger partial charge in [0, 0.05) is 36.0 Å². The van der Waals surface area contributed by atoms with E-state index in [1.54, 1.807) is 6.92 Å². The first kappa shape index (κ1) is 24.1. The molecule has 0 aliphatic carbocycles. The molecule has 0 spiro atoms. The molecule has 0 amide bonds. The molecule has 1 fully saturated rings. The molecule has 0 bridgehead atoms. The van der Waals surface area contributed by atoms with Crippen molar-refractivity contribution in [2.45, 2.75) is 25.3 Å². The number of benzene rings is 1. The molecule has 13 heteroatoms. The van der Waals surface area contributed by atoms with Crippen LogP contribution in [0.3, 0.4) is 0 Å². The molecule has 1 saturated heterocycles. The van der Waals surface area contributed by atoms with Gasteiger partial charge in [0.05, 0.1) is 18.0 Å². The molecule has 3 heterocycles. The molecule has 0 saturated carbocycles.